The summed E-state index contributed by atoms with van der Waals surface area (Å²) < 4.78 is 0. The summed E-state index contributed by atoms with van der Waals surface area (Å²) in [6, 6.07) is 5.88. The lowest BCUT2D eigenvalue weighted by Gasteiger charge is -2.49. The largest absolute Gasteiger partial charge is 0.392 e. The van der Waals surface area contributed by atoms with E-state index in [1.807, 2.05) is 19.9 Å². The van der Waals surface area contributed by atoms with Crippen LogP contribution in [0.5, 0.6) is 0 Å². The Balaban J connectivity index is 2.14. The van der Waals surface area contributed by atoms with E-state index >= 15 is 0 Å². The maximum Gasteiger partial charge on any atom is 0.163 e. The fraction of sp³-hybridized carbons (Fsp3) is 0.500. The Labute approximate surface area is 94.9 Å². The highest BCUT2D eigenvalue weighted by Gasteiger charge is 2.47. The third kappa shape index (κ3) is 1.63. The maximum absolute atomic E-state index is 9.63. The smallest absolute Gasteiger partial charge is 0.163 e. The first-order valence-corrected chi connectivity index (χ1v) is 5.35. The minimum absolute atomic E-state index is 0.150. The van der Waals surface area contributed by atoms with Crippen molar-refractivity contribution in [1.82, 2.24) is 4.98 Å². The first-order valence-electron chi connectivity index (χ1n) is 5.35. The minimum atomic E-state index is -0.271. The third-order valence-electron chi connectivity index (χ3n) is 3.46. The number of nitriles is 1. The zero-order valence-corrected chi connectivity index (χ0v) is 9.44. The Morgan fingerprint density at radius 1 is 1.62 bits per heavy atom. The van der Waals surface area contributed by atoms with Crippen molar-refractivity contribution >= 4 is 5.69 Å². The van der Waals surface area contributed by atoms with E-state index in [2.05, 4.69) is 16.4 Å². The molecule has 1 heterocycles. The van der Waals surface area contributed by atoms with Gasteiger partial charge in [-0.1, -0.05) is 13.8 Å². The number of aromatic nitrogens is 1. The Bertz CT molecular complexity index is 436. The number of rotatable bonds is 2. The van der Waals surface area contributed by atoms with E-state index in [0.29, 0.717) is 12.1 Å². The second-order valence-electron chi connectivity index (χ2n) is 4.78. The summed E-state index contributed by atoms with van der Waals surface area (Å²) in [5.41, 5.74) is 0.998. The maximum atomic E-state index is 9.63. The van der Waals surface area contributed by atoms with Crippen molar-refractivity contribution in [3.63, 3.8) is 0 Å². The van der Waals surface area contributed by atoms with Crippen molar-refractivity contribution in [2.24, 2.45) is 5.41 Å². The summed E-state index contributed by atoms with van der Waals surface area (Å²) in [7, 11) is 0. The summed E-state index contributed by atoms with van der Waals surface area (Å²) in [5, 5.41) is 21.8. The lowest BCUT2D eigenvalue weighted by Crippen LogP contribution is -2.57. The second-order valence-corrected chi connectivity index (χ2v) is 4.78. The van der Waals surface area contributed by atoms with Crippen molar-refractivity contribution in [3.8, 4) is 6.07 Å². The number of hydrogen-bond donors (Lipinski definition) is 2. The first kappa shape index (κ1) is 10.9. The number of aliphatic hydroxyl groups excluding tert-OH is 1. The summed E-state index contributed by atoms with van der Waals surface area (Å²) in [4.78, 5) is 3.99. The van der Waals surface area contributed by atoms with Crippen LogP contribution in [0.25, 0.3) is 0 Å². The number of hydrogen-bond acceptors (Lipinski definition) is 4. The molecule has 4 nitrogen and oxygen atoms in total. The molecule has 1 aliphatic rings. The molecule has 0 bridgehead atoms. The molecule has 2 N–H and O–H groups in total. The summed E-state index contributed by atoms with van der Waals surface area (Å²) >= 11 is 0. The van der Waals surface area contributed by atoms with Gasteiger partial charge in [0.2, 0.25) is 0 Å². The predicted molar refractivity (Wildman–Crippen MR) is 60.8 cm³/mol. The Morgan fingerprint density at radius 3 is 2.94 bits per heavy atom. The molecule has 1 aromatic heterocycles. The standard InChI is InChI=1S/C12H15N3O/c1-12(2)10(6-11(12)16)15-8-4-3-5-14-9(8)7-13/h3-5,10-11,15-16H,6H2,1-2H3. The molecule has 2 unspecified atom stereocenters. The molecule has 4 heteroatoms. The van der Waals surface area contributed by atoms with Crippen molar-refractivity contribution in [2.75, 3.05) is 5.32 Å². The lowest BCUT2D eigenvalue weighted by molar-refractivity contribution is -0.0510. The quantitative estimate of drug-likeness (QED) is 0.788. The fourth-order valence-corrected chi connectivity index (χ4v) is 1.95. The molecule has 0 radical (unpaired) electrons. The number of pyridine rings is 1. The van der Waals surface area contributed by atoms with Gasteiger partial charge in [0.15, 0.2) is 5.69 Å². The van der Waals surface area contributed by atoms with E-state index in [1.54, 1.807) is 12.3 Å². The van der Waals surface area contributed by atoms with Gasteiger partial charge in [-0.15, -0.1) is 0 Å². The van der Waals surface area contributed by atoms with Crippen LogP contribution >= 0.6 is 0 Å². The van der Waals surface area contributed by atoms with Gasteiger partial charge in [0.25, 0.3) is 0 Å². The SMILES string of the molecule is CC1(C)C(O)CC1Nc1cccnc1C#N. The summed E-state index contributed by atoms with van der Waals surface area (Å²) in [5.74, 6) is 0. The summed E-state index contributed by atoms with van der Waals surface area (Å²) in [6.45, 7) is 4.03. The molecule has 2 rings (SSSR count). The van der Waals surface area contributed by atoms with Crippen molar-refractivity contribution < 1.29 is 5.11 Å². The predicted octanol–water partition coefficient (Wildman–Crippen LogP) is 1.52. The van der Waals surface area contributed by atoms with Gasteiger partial charge in [-0.2, -0.15) is 5.26 Å². The van der Waals surface area contributed by atoms with Crippen LogP contribution in [0.15, 0.2) is 18.3 Å². The molecule has 1 aliphatic carbocycles. The van der Waals surface area contributed by atoms with Crippen LogP contribution in [0.4, 0.5) is 5.69 Å². The first-order chi connectivity index (χ1) is 7.55. The topological polar surface area (TPSA) is 68.9 Å². The van der Waals surface area contributed by atoms with E-state index in [0.717, 1.165) is 5.69 Å². The molecule has 2 atom stereocenters. The van der Waals surface area contributed by atoms with Gasteiger partial charge in [-0.25, -0.2) is 4.98 Å². The van der Waals surface area contributed by atoms with E-state index in [-0.39, 0.29) is 17.6 Å². The molecule has 0 amide bonds. The highest BCUT2D eigenvalue weighted by molar-refractivity contribution is 5.54. The normalized spacial score (nSPS) is 26.6. The van der Waals surface area contributed by atoms with Gasteiger partial charge < -0.3 is 10.4 Å². The molecule has 0 spiro atoms. The number of nitrogens with one attached hydrogen (secondary N) is 1. The highest BCUT2D eigenvalue weighted by atomic mass is 16.3. The zero-order chi connectivity index (χ0) is 11.8. The monoisotopic (exact) mass is 217 g/mol. The lowest BCUT2D eigenvalue weighted by atomic mass is 9.64. The van der Waals surface area contributed by atoms with Crippen LogP contribution in [-0.2, 0) is 0 Å². The molecule has 1 fully saturated rings. The fourth-order valence-electron chi connectivity index (χ4n) is 1.95. The van der Waals surface area contributed by atoms with Gasteiger partial charge in [0.1, 0.15) is 6.07 Å². The van der Waals surface area contributed by atoms with Crippen LogP contribution in [-0.4, -0.2) is 22.2 Å². The molecule has 0 saturated heterocycles. The van der Waals surface area contributed by atoms with Gasteiger partial charge in [0, 0.05) is 17.7 Å². The van der Waals surface area contributed by atoms with Crippen LogP contribution in [0.1, 0.15) is 26.0 Å². The molecule has 0 aliphatic heterocycles. The number of anilines is 1. The Hall–Kier alpha value is -1.60. The van der Waals surface area contributed by atoms with Crippen LogP contribution < -0.4 is 5.32 Å². The molecule has 1 aromatic rings. The van der Waals surface area contributed by atoms with E-state index < -0.39 is 0 Å². The van der Waals surface area contributed by atoms with E-state index in [4.69, 9.17) is 5.26 Å². The minimum Gasteiger partial charge on any atom is -0.392 e. The van der Waals surface area contributed by atoms with Crippen molar-refractivity contribution in [1.29, 1.82) is 5.26 Å². The second kappa shape index (κ2) is 3.76. The van der Waals surface area contributed by atoms with Crippen LogP contribution in [0.2, 0.25) is 0 Å². The zero-order valence-electron chi connectivity index (χ0n) is 9.44. The average Bonchev–Trinajstić information content (AvgIpc) is 2.29. The summed E-state index contributed by atoms with van der Waals surface area (Å²) in [6.07, 6.45) is 2.05. The molecule has 84 valence electrons. The number of aliphatic hydroxyl groups is 1. The molecular formula is C12H15N3O. The third-order valence-corrected chi connectivity index (χ3v) is 3.46. The van der Waals surface area contributed by atoms with Gasteiger partial charge in [0.05, 0.1) is 11.8 Å². The van der Waals surface area contributed by atoms with Crippen molar-refractivity contribution in [3.05, 3.63) is 24.0 Å². The van der Waals surface area contributed by atoms with E-state index in [9.17, 15) is 5.11 Å². The average molecular weight is 217 g/mol. The van der Waals surface area contributed by atoms with E-state index in [1.165, 1.54) is 0 Å². The number of nitrogens with zero attached hydrogens (tertiary/aromatic N) is 2. The van der Waals surface area contributed by atoms with Gasteiger partial charge >= 0.3 is 0 Å². The highest BCUT2D eigenvalue weighted by Crippen LogP contribution is 2.42. The van der Waals surface area contributed by atoms with Gasteiger partial charge in [-0.05, 0) is 18.6 Å². The molecule has 16 heavy (non-hydrogen) atoms. The van der Waals surface area contributed by atoms with Crippen LogP contribution in [0.3, 0.4) is 0 Å². The van der Waals surface area contributed by atoms with Crippen molar-refractivity contribution in [2.45, 2.75) is 32.4 Å². The molecule has 0 aromatic carbocycles. The Kier molecular flexibility index (Phi) is 2.56. The van der Waals surface area contributed by atoms with Gasteiger partial charge in [-0.3, -0.25) is 0 Å². The van der Waals surface area contributed by atoms with Crippen LogP contribution in [0, 0.1) is 16.7 Å². The molecule has 1 saturated carbocycles. The Morgan fingerprint density at radius 2 is 2.38 bits per heavy atom. The molecular weight excluding hydrogens is 202 g/mol.